The molecule has 0 amide bonds. The zero-order chi connectivity index (χ0) is 22.8. The molecule has 3 aromatic carbocycles. The number of benzene rings is 3. The van der Waals surface area contributed by atoms with Gasteiger partial charge in [0.15, 0.2) is 12.4 Å². The number of aryl methyl sites for hydroxylation is 1. The third-order valence-electron chi connectivity index (χ3n) is 6.28. The molecule has 2 aromatic heterocycles. The second kappa shape index (κ2) is 8.84. The highest BCUT2D eigenvalue weighted by molar-refractivity contribution is 5.82. The average Bonchev–Trinajstić information content (AvgIpc) is 2.86. The van der Waals surface area contributed by atoms with Gasteiger partial charge in [-0.3, -0.25) is 0 Å². The first-order valence-electron chi connectivity index (χ1n) is 11.4. The van der Waals surface area contributed by atoms with Crippen molar-refractivity contribution in [1.29, 1.82) is 0 Å². The molecule has 0 N–H and O–H groups in total. The maximum Gasteiger partial charge on any atom is 0.223 e. The van der Waals surface area contributed by atoms with E-state index in [4.69, 9.17) is 0 Å². The largest absolute Gasteiger partial charge is 0.223 e. The van der Waals surface area contributed by atoms with E-state index >= 15 is 0 Å². The molecule has 5 rings (SSSR count). The summed E-state index contributed by atoms with van der Waals surface area (Å²) in [4.78, 5) is 0. The number of hydrogen-bond acceptors (Lipinski definition) is 0. The van der Waals surface area contributed by atoms with Crippen LogP contribution in [0.25, 0.3) is 39.3 Å². The van der Waals surface area contributed by atoms with E-state index in [0.717, 1.165) is 5.69 Å². The highest BCUT2D eigenvalue weighted by Crippen LogP contribution is 2.37. The number of hydrogen-bond donors (Lipinski definition) is 0. The number of rotatable bonds is 4. The fraction of sp³-hybridized carbons (Fsp3) is 0.0968. The summed E-state index contributed by atoms with van der Waals surface area (Å²) in [6, 6.07) is 36.6. The van der Waals surface area contributed by atoms with E-state index in [1.54, 1.807) is 0 Å². The summed E-state index contributed by atoms with van der Waals surface area (Å²) in [5.41, 5.74) is 11.1. The minimum absolute atomic E-state index is 1.15. The Hall–Kier alpha value is -4.04. The molecule has 0 aliphatic carbocycles. The molecular formula is C31H28N2+2. The van der Waals surface area contributed by atoms with Crippen LogP contribution >= 0.6 is 0 Å². The van der Waals surface area contributed by atoms with Gasteiger partial charge in [-0.05, 0) is 43.7 Å². The lowest BCUT2D eigenvalue weighted by Gasteiger charge is -2.19. The summed E-state index contributed by atoms with van der Waals surface area (Å²) in [5.74, 6) is 0. The lowest BCUT2D eigenvalue weighted by molar-refractivity contribution is -0.673. The van der Waals surface area contributed by atoms with Crippen molar-refractivity contribution in [1.82, 2.24) is 0 Å². The predicted molar refractivity (Wildman–Crippen MR) is 135 cm³/mol. The fourth-order valence-electron chi connectivity index (χ4n) is 4.79. The topological polar surface area (TPSA) is 7.76 Å². The summed E-state index contributed by atoms with van der Waals surface area (Å²) >= 11 is 0. The lowest BCUT2D eigenvalue weighted by atomic mass is 9.89. The van der Waals surface area contributed by atoms with Crippen molar-refractivity contribution in [3.05, 3.63) is 127 Å². The molecule has 0 fully saturated rings. The predicted octanol–water partition coefficient (Wildman–Crippen LogP) is 6.41. The zero-order valence-corrected chi connectivity index (χ0v) is 19.4. The lowest BCUT2D eigenvalue weighted by Crippen LogP contribution is -2.39. The minimum Gasteiger partial charge on any atom is -0.207 e. The molecule has 0 atom stereocenters. The molecule has 2 nitrogen and oxygen atoms in total. The maximum absolute atomic E-state index is 2.43. The van der Waals surface area contributed by atoms with E-state index in [2.05, 4.69) is 146 Å². The van der Waals surface area contributed by atoms with Gasteiger partial charge < -0.3 is 0 Å². The molecule has 2 heteroatoms. The summed E-state index contributed by atoms with van der Waals surface area (Å²) in [5, 5.41) is 0. The Labute approximate surface area is 196 Å². The first-order valence-corrected chi connectivity index (χ1v) is 11.4. The van der Waals surface area contributed by atoms with Gasteiger partial charge in [-0.2, -0.15) is 4.57 Å². The van der Waals surface area contributed by atoms with Crippen molar-refractivity contribution in [2.75, 3.05) is 0 Å². The third kappa shape index (κ3) is 3.85. The standard InChI is InChI=1S/C31H28N2/c1-23-29(25-13-7-4-8-14-25)24(2)31(27-17-11-6-12-18-27)33(28-19-21-32(3)22-20-28)30(23)26-15-9-5-10-16-26/h4-22H,1-3H3/q+2. The molecule has 5 aromatic rings. The van der Waals surface area contributed by atoms with Crippen LogP contribution in [-0.2, 0) is 7.05 Å². The fourth-order valence-corrected chi connectivity index (χ4v) is 4.79. The molecular weight excluding hydrogens is 400 g/mol. The smallest absolute Gasteiger partial charge is 0.207 e. The van der Waals surface area contributed by atoms with Crippen molar-refractivity contribution in [2.45, 2.75) is 13.8 Å². The SMILES string of the molecule is Cc1c(-c2ccccc2)c(C)c(-c2ccccc2)[n+](-c2cc[n+](C)cc2)c1-c1ccccc1. The van der Waals surface area contributed by atoms with Crippen LogP contribution in [0.1, 0.15) is 11.1 Å². The van der Waals surface area contributed by atoms with Gasteiger partial charge in [0.1, 0.15) is 7.05 Å². The highest BCUT2D eigenvalue weighted by atomic mass is 15.0. The second-order valence-corrected chi connectivity index (χ2v) is 8.48. The Balaban J connectivity index is 1.98. The summed E-state index contributed by atoms with van der Waals surface area (Å²) in [6.45, 7) is 4.51. The van der Waals surface area contributed by atoms with Crippen LogP contribution in [0.2, 0.25) is 0 Å². The van der Waals surface area contributed by atoms with Crippen LogP contribution in [0.5, 0.6) is 0 Å². The molecule has 160 valence electrons. The normalized spacial score (nSPS) is 10.9. The number of pyridine rings is 2. The maximum atomic E-state index is 2.43. The van der Waals surface area contributed by atoms with Gasteiger partial charge >= 0.3 is 0 Å². The van der Waals surface area contributed by atoms with Gasteiger partial charge in [0.05, 0.1) is 12.1 Å². The van der Waals surface area contributed by atoms with Gasteiger partial charge in [0, 0.05) is 27.8 Å². The Bertz CT molecular complexity index is 1320. The summed E-state index contributed by atoms with van der Waals surface area (Å²) < 4.78 is 4.51. The molecule has 2 heterocycles. The van der Waals surface area contributed by atoms with Crippen LogP contribution < -0.4 is 9.13 Å². The Kier molecular flexibility index (Phi) is 5.58. The monoisotopic (exact) mass is 428 g/mol. The molecule has 0 aliphatic rings. The Morgan fingerprint density at radius 1 is 0.485 bits per heavy atom. The summed E-state index contributed by atoms with van der Waals surface area (Å²) in [6.07, 6.45) is 4.23. The molecule has 0 unspecified atom stereocenters. The van der Waals surface area contributed by atoms with Crippen LogP contribution in [0.15, 0.2) is 116 Å². The van der Waals surface area contributed by atoms with E-state index in [9.17, 15) is 0 Å². The van der Waals surface area contributed by atoms with Crippen molar-refractivity contribution >= 4 is 0 Å². The molecule has 0 spiro atoms. The molecule has 0 saturated carbocycles. The number of aromatic nitrogens is 2. The molecule has 0 radical (unpaired) electrons. The van der Waals surface area contributed by atoms with E-state index in [0.29, 0.717) is 0 Å². The van der Waals surface area contributed by atoms with E-state index in [-0.39, 0.29) is 0 Å². The quantitative estimate of drug-likeness (QED) is 0.292. The van der Waals surface area contributed by atoms with Crippen molar-refractivity contribution in [3.8, 4) is 39.3 Å². The molecule has 0 bridgehead atoms. The zero-order valence-electron chi connectivity index (χ0n) is 19.4. The molecule has 0 aliphatic heterocycles. The second-order valence-electron chi connectivity index (χ2n) is 8.48. The van der Waals surface area contributed by atoms with Crippen molar-refractivity contribution in [2.24, 2.45) is 7.05 Å². The van der Waals surface area contributed by atoms with Gasteiger partial charge in [-0.15, -0.1) is 0 Å². The third-order valence-corrected chi connectivity index (χ3v) is 6.28. The van der Waals surface area contributed by atoms with Gasteiger partial charge in [0.25, 0.3) is 0 Å². The van der Waals surface area contributed by atoms with Gasteiger partial charge in [-0.1, -0.05) is 66.7 Å². The van der Waals surface area contributed by atoms with E-state index in [1.807, 2.05) is 0 Å². The molecule has 0 saturated heterocycles. The van der Waals surface area contributed by atoms with E-state index < -0.39 is 0 Å². The minimum atomic E-state index is 1.15. The van der Waals surface area contributed by atoms with Crippen molar-refractivity contribution < 1.29 is 9.13 Å². The van der Waals surface area contributed by atoms with Crippen LogP contribution in [0.4, 0.5) is 0 Å². The van der Waals surface area contributed by atoms with Crippen LogP contribution in [0, 0.1) is 13.8 Å². The van der Waals surface area contributed by atoms with Crippen molar-refractivity contribution in [3.63, 3.8) is 0 Å². The molecule has 33 heavy (non-hydrogen) atoms. The van der Waals surface area contributed by atoms with Crippen LogP contribution in [0.3, 0.4) is 0 Å². The summed E-state index contributed by atoms with van der Waals surface area (Å²) in [7, 11) is 2.06. The number of nitrogens with zero attached hydrogens (tertiary/aromatic N) is 2. The van der Waals surface area contributed by atoms with Gasteiger partial charge in [-0.25, -0.2) is 4.57 Å². The average molecular weight is 429 g/mol. The van der Waals surface area contributed by atoms with Gasteiger partial charge in [0.2, 0.25) is 17.1 Å². The van der Waals surface area contributed by atoms with E-state index in [1.165, 1.54) is 44.8 Å². The van der Waals surface area contributed by atoms with Crippen LogP contribution in [-0.4, -0.2) is 0 Å². The first-order chi connectivity index (χ1) is 16.1. The Morgan fingerprint density at radius 2 is 0.879 bits per heavy atom. The highest BCUT2D eigenvalue weighted by Gasteiger charge is 2.31. The Morgan fingerprint density at radius 3 is 1.30 bits per heavy atom. The first kappa shape index (κ1) is 20.8.